The Labute approximate surface area is 135 Å². The number of nitrogens with zero attached hydrogens (tertiary/aromatic N) is 5. The first-order chi connectivity index (χ1) is 10.3. The molecule has 0 atom stereocenters. The quantitative estimate of drug-likeness (QED) is 0.846. The number of methoxy groups -OCH3 is 2. The smallest absolute Gasteiger partial charge is 0.320 e. The second-order valence-corrected chi connectivity index (χ2v) is 4.87. The number of nitrogens with one attached hydrogen (secondary N) is 1. The molecule has 0 radical (unpaired) electrons. The van der Waals surface area contributed by atoms with Gasteiger partial charge in [0.25, 0.3) is 0 Å². The van der Waals surface area contributed by atoms with Gasteiger partial charge >= 0.3 is 6.01 Å². The normalized spacial score (nSPS) is 14.9. The van der Waals surface area contributed by atoms with E-state index >= 15 is 0 Å². The molecule has 0 saturated carbocycles. The summed E-state index contributed by atoms with van der Waals surface area (Å²) < 4.78 is 12.3. The van der Waals surface area contributed by atoms with Crippen LogP contribution in [0.1, 0.15) is 0 Å². The fourth-order valence-corrected chi connectivity index (χ4v) is 2.45. The minimum Gasteiger partial charge on any atom is -0.467 e. The van der Waals surface area contributed by atoms with Crippen LogP contribution in [0.3, 0.4) is 0 Å². The van der Waals surface area contributed by atoms with E-state index in [1.807, 2.05) is 4.57 Å². The lowest BCUT2D eigenvalue weighted by Crippen LogP contribution is -2.44. The van der Waals surface area contributed by atoms with Gasteiger partial charge in [0.1, 0.15) is 0 Å². The number of ether oxygens (including phenoxy) is 2. The highest BCUT2D eigenvalue weighted by atomic mass is 35.5. The number of rotatable bonds is 5. The van der Waals surface area contributed by atoms with Crippen LogP contribution in [0, 0.1) is 0 Å². The summed E-state index contributed by atoms with van der Waals surface area (Å²) in [6.07, 6.45) is 1.78. The SMILES string of the molecule is COCCn1cnc2c(N3CCNCC3)nc(OC)nc21.Cl. The monoisotopic (exact) mass is 328 g/mol. The van der Waals surface area contributed by atoms with Gasteiger partial charge in [0.15, 0.2) is 17.0 Å². The summed E-state index contributed by atoms with van der Waals surface area (Å²) in [6.45, 7) is 5.01. The Balaban J connectivity index is 0.00000176. The molecule has 8 nitrogen and oxygen atoms in total. The van der Waals surface area contributed by atoms with Crippen molar-refractivity contribution < 1.29 is 9.47 Å². The lowest BCUT2D eigenvalue weighted by atomic mass is 10.3. The van der Waals surface area contributed by atoms with Crippen LogP contribution in [0.25, 0.3) is 11.2 Å². The molecule has 1 aliphatic rings. The minimum absolute atomic E-state index is 0. The average molecular weight is 329 g/mol. The molecular formula is C13H21ClN6O2. The van der Waals surface area contributed by atoms with Crippen molar-refractivity contribution in [3.8, 4) is 6.01 Å². The molecule has 2 aromatic heterocycles. The van der Waals surface area contributed by atoms with Crippen LogP contribution in [-0.2, 0) is 11.3 Å². The number of piperazine rings is 1. The summed E-state index contributed by atoms with van der Waals surface area (Å²) in [7, 11) is 3.26. The molecule has 3 rings (SSSR count). The molecule has 0 spiro atoms. The van der Waals surface area contributed by atoms with Gasteiger partial charge in [-0.1, -0.05) is 0 Å². The number of imidazole rings is 1. The Morgan fingerprint density at radius 2 is 2.00 bits per heavy atom. The van der Waals surface area contributed by atoms with E-state index in [9.17, 15) is 0 Å². The maximum absolute atomic E-state index is 5.25. The third-order valence-corrected chi connectivity index (χ3v) is 3.56. The summed E-state index contributed by atoms with van der Waals surface area (Å²) in [5.41, 5.74) is 1.60. The molecule has 0 unspecified atom stereocenters. The molecule has 0 aromatic carbocycles. The van der Waals surface area contributed by atoms with Gasteiger partial charge in [-0.25, -0.2) is 4.98 Å². The zero-order valence-electron chi connectivity index (χ0n) is 12.8. The van der Waals surface area contributed by atoms with Gasteiger partial charge in [-0.3, -0.25) is 0 Å². The number of halogens is 1. The Morgan fingerprint density at radius 3 is 2.68 bits per heavy atom. The first kappa shape index (κ1) is 16.7. The molecule has 0 aliphatic carbocycles. The van der Waals surface area contributed by atoms with Gasteiger partial charge in [0.2, 0.25) is 0 Å². The highest BCUT2D eigenvalue weighted by Crippen LogP contribution is 2.25. The van der Waals surface area contributed by atoms with Gasteiger partial charge in [-0.15, -0.1) is 12.4 Å². The summed E-state index contributed by atoms with van der Waals surface area (Å²) in [4.78, 5) is 15.6. The highest BCUT2D eigenvalue weighted by molar-refractivity contribution is 5.85. The van der Waals surface area contributed by atoms with Gasteiger partial charge in [0, 0.05) is 39.8 Å². The van der Waals surface area contributed by atoms with Crippen molar-refractivity contribution in [1.29, 1.82) is 0 Å². The number of hydrogen-bond donors (Lipinski definition) is 1. The van der Waals surface area contributed by atoms with Crippen LogP contribution < -0.4 is 15.0 Å². The Kier molecular flexibility index (Phi) is 5.76. The third kappa shape index (κ3) is 3.23. The van der Waals surface area contributed by atoms with Crippen molar-refractivity contribution in [2.75, 3.05) is 51.9 Å². The predicted molar refractivity (Wildman–Crippen MR) is 86.1 cm³/mol. The average Bonchev–Trinajstić information content (AvgIpc) is 2.95. The zero-order valence-corrected chi connectivity index (χ0v) is 13.6. The van der Waals surface area contributed by atoms with E-state index in [0.29, 0.717) is 19.2 Å². The van der Waals surface area contributed by atoms with E-state index in [1.54, 1.807) is 20.5 Å². The van der Waals surface area contributed by atoms with Crippen LogP contribution in [-0.4, -0.2) is 66.5 Å². The van der Waals surface area contributed by atoms with Gasteiger partial charge < -0.3 is 24.3 Å². The zero-order chi connectivity index (χ0) is 14.7. The number of hydrogen-bond acceptors (Lipinski definition) is 7. The molecule has 1 fully saturated rings. The summed E-state index contributed by atoms with van der Waals surface area (Å²) in [6, 6.07) is 0.371. The lowest BCUT2D eigenvalue weighted by molar-refractivity contribution is 0.188. The molecule has 0 amide bonds. The van der Waals surface area contributed by atoms with E-state index in [0.717, 1.165) is 43.2 Å². The largest absolute Gasteiger partial charge is 0.467 e. The topological polar surface area (TPSA) is 77.3 Å². The van der Waals surface area contributed by atoms with Crippen molar-refractivity contribution >= 4 is 29.4 Å². The van der Waals surface area contributed by atoms with Crippen molar-refractivity contribution in [2.24, 2.45) is 0 Å². The molecule has 3 heterocycles. The molecule has 2 aromatic rings. The van der Waals surface area contributed by atoms with Gasteiger partial charge in [0.05, 0.1) is 20.0 Å². The minimum atomic E-state index is 0. The van der Waals surface area contributed by atoms with Gasteiger partial charge in [-0.2, -0.15) is 9.97 Å². The molecular weight excluding hydrogens is 308 g/mol. The molecule has 1 N–H and O–H groups in total. The van der Waals surface area contributed by atoms with E-state index in [1.165, 1.54) is 0 Å². The number of anilines is 1. The van der Waals surface area contributed by atoms with Crippen LogP contribution in [0.4, 0.5) is 5.82 Å². The third-order valence-electron chi connectivity index (χ3n) is 3.56. The molecule has 1 aliphatic heterocycles. The van der Waals surface area contributed by atoms with E-state index in [-0.39, 0.29) is 12.4 Å². The summed E-state index contributed by atoms with van der Waals surface area (Å²) in [5, 5.41) is 3.34. The van der Waals surface area contributed by atoms with Crippen molar-refractivity contribution in [3.63, 3.8) is 0 Å². The Hall–Kier alpha value is -1.64. The van der Waals surface area contributed by atoms with E-state index in [4.69, 9.17) is 9.47 Å². The van der Waals surface area contributed by atoms with Crippen LogP contribution >= 0.6 is 12.4 Å². The van der Waals surface area contributed by atoms with Crippen molar-refractivity contribution in [2.45, 2.75) is 6.54 Å². The van der Waals surface area contributed by atoms with E-state index < -0.39 is 0 Å². The first-order valence-electron chi connectivity index (χ1n) is 7.05. The van der Waals surface area contributed by atoms with Crippen molar-refractivity contribution in [1.82, 2.24) is 24.8 Å². The first-order valence-corrected chi connectivity index (χ1v) is 7.05. The van der Waals surface area contributed by atoms with Crippen molar-refractivity contribution in [3.05, 3.63) is 6.33 Å². The summed E-state index contributed by atoms with van der Waals surface area (Å²) in [5.74, 6) is 0.842. The lowest BCUT2D eigenvalue weighted by Gasteiger charge is -2.28. The van der Waals surface area contributed by atoms with Gasteiger partial charge in [-0.05, 0) is 0 Å². The molecule has 1 saturated heterocycles. The number of fused-ring (bicyclic) bond motifs is 1. The number of aromatic nitrogens is 4. The molecule has 122 valence electrons. The molecule has 0 bridgehead atoms. The second-order valence-electron chi connectivity index (χ2n) is 4.87. The van der Waals surface area contributed by atoms with Crippen LogP contribution in [0.15, 0.2) is 6.33 Å². The maximum atomic E-state index is 5.25. The Bertz CT molecular complexity index is 614. The second kappa shape index (κ2) is 7.57. The van der Waals surface area contributed by atoms with E-state index in [2.05, 4.69) is 25.2 Å². The molecule has 22 heavy (non-hydrogen) atoms. The molecule has 9 heteroatoms. The highest BCUT2D eigenvalue weighted by Gasteiger charge is 2.20. The fraction of sp³-hybridized carbons (Fsp3) is 0.615. The Morgan fingerprint density at radius 1 is 1.23 bits per heavy atom. The van der Waals surface area contributed by atoms with Crippen LogP contribution in [0.5, 0.6) is 6.01 Å². The predicted octanol–water partition coefficient (Wildman–Crippen LogP) is 0.313. The summed E-state index contributed by atoms with van der Waals surface area (Å²) >= 11 is 0. The maximum Gasteiger partial charge on any atom is 0.320 e. The standard InChI is InChI=1S/C13H20N6O2.ClH/c1-20-8-7-19-9-15-10-11(18-5-3-14-4-6-18)16-13(21-2)17-12(10)19;/h9,14H,3-8H2,1-2H3;1H. The van der Waals surface area contributed by atoms with Crippen LogP contribution in [0.2, 0.25) is 0 Å². The fourth-order valence-electron chi connectivity index (χ4n) is 2.45.